The number of aromatic nitrogens is 4. The minimum absolute atomic E-state index is 0.0121. The van der Waals surface area contributed by atoms with Gasteiger partial charge < -0.3 is 51.1 Å². The lowest BCUT2D eigenvalue weighted by molar-refractivity contribution is -0.144. The van der Waals surface area contributed by atoms with Crippen molar-refractivity contribution in [3.63, 3.8) is 0 Å². The van der Waals surface area contributed by atoms with E-state index in [2.05, 4.69) is 129 Å². The zero-order valence-electron chi connectivity index (χ0n) is 81.6. The van der Waals surface area contributed by atoms with E-state index in [4.69, 9.17) is 48.0 Å². The number of nitrogens with zero attached hydrogens (tertiary/aromatic N) is 10. The van der Waals surface area contributed by atoms with Crippen LogP contribution in [0.1, 0.15) is 159 Å². The van der Waals surface area contributed by atoms with Gasteiger partial charge in [-0.1, -0.05) is 172 Å². The van der Waals surface area contributed by atoms with Gasteiger partial charge in [-0.05, 0) is 248 Å². The molecule has 0 amide bonds. The van der Waals surface area contributed by atoms with Crippen LogP contribution in [0.2, 0.25) is 0 Å². The third kappa shape index (κ3) is 26.8. The number of fused-ring (bicyclic) bond motifs is 4. The second kappa shape index (κ2) is 51.6. The molecule has 712 valence electrons. The second-order valence-corrected chi connectivity index (χ2v) is 37.2. The summed E-state index contributed by atoms with van der Waals surface area (Å²) in [4.78, 5) is 75.5. The Labute approximate surface area is 825 Å². The quantitative estimate of drug-likeness (QED) is 0.0119. The second-order valence-electron chi connectivity index (χ2n) is 33.3. The van der Waals surface area contributed by atoms with Crippen LogP contribution < -0.4 is 0 Å². The maximum Gasteiger partial charge on any atom is 0.306 e. The van der Waals surface area contributed by atoms with E-state index < -0.39 is 25.1 Å². The Morgan fingerprint density at radius 1 is 0.421 bits per heavy atom. The van der Waals surface area contributed by atoms with Crippen molar-refractivity contribution in [1.82, 2.24) is 17.6 Å². The van der Waals surface area contributed by atoms with E-state index >= 15 is 0 Å². The van der Waals surface area contributed by atoms with Gasteiger partial charge in [0.15, 0.2) is 29.0 Å². The summed E-state index contributed by atoms with van der Waals surface area (Å²) in [6.45, 7) is 40.0. The summed E-state index contributed by atoms with van der Waals surface area (Å²) in [5.41, 5.74) is 24.5. The lowest BCUT2D eigenvalue weighted by Crippen LogP contribution is -2.20. The fraction of sp³-hybridized carbons (Fsp3) is 0.246. The van der Waals surface area contributed by atoms with Crippen molar-refractivity contribution in [3.8, 4) is 68.8 Å². The van der Waals surface area contributed by atoms with Gasteiger partial charge in [-0.3, -0.25) is 28.8 Å². The van der Waals surface area contributed by atoms with Crippen molar-refractivity contribution in [2.75, 3.05) is 26.4 Å². The number of benzene rings is 5. The minimum Gasteiger partial charge on any atom is -0.493 e. The van der Waals surface area contributed by atoms with Crippen LogP contribution >= 0.6 is 25.8 Å². The molecule has 0 aliphatic carbocycles. The van der Waals surface area contributed by atoms with Crippen LogP contribution in [0.25, 0.3) is 88.4 Å². The Morgan fingerprint density at radius 3 is 1.02 bits per heavy atom. The summed E-state index contributed by atoms with van der Waals surface area (Å²) in [6.07, 6.45) is 23.5. The molecule has 5 aromatic carbocycles. The van der Waals surface area contributed by atoms with E-state index in [0.717, 1.165) is 119 Å². The van der Waals surface area contributed by atoms with Crippen LogP contribution in [-0.2, 0) is 84.5 Å². The lowest BCUT2D eigenvalue weighted by atomic mass is 9.95. The largest absolute Gasteiger partial charge is 0.493 e. The van der Waals surface area contributed by atoms with Crippen LogP contribution in [0.15, 0.2) is 289 Å². The molecule has 2 atom stereocenters. The first kappa shape index (κ1) is 105. The summed E-state index contributed by atoms with van der Waals surface area (Å²) in [5.74, 6) is -1.42. The number of aryl methyl sites for hydroxylation is 9. The SMILES string of the molecule is CCOC(=O)CCc1ccc(-c2c(C)c3ccccn3c2C=O)cc1.CCOC(=O)CCc1ccc(-c2cn3ccccc3c2C)cc1.CCOC(=O)CCc1ccccc1.[2H]P(P)P.[C-]#[N+]C1=C(/C=C/c2c(-c3ccc(CCC(=O)O)cc3)c(C)c3ccccn23)C(C)(C)OC1=C(C#N)C#N.[C-]#[N+]C1=C(/C=C/c2c(-c3ccc(CCC(=O)OCC)cc3)c(C)c3ccccn23)C(C)(C)OC1=C(C#N)C#N. The van der Waals surface area contributed by atoms with Crippen molar-refractivity contribution >= 4 is 96.1 Å². The highest BCUT2D eigenvalue weighted by Crippen LogP contribution is 2.45. The van der Waals surface area contributed by atoms with Crippen molar-refractivity contribution < 1.29 is 62.3 Å². The summed E-state index contributed by atoms with van der Waals surface area (Å²) in [6, 6.07) is 73.9. The van der Waals surface area contributed by atoms with Crippen molar-refractivity contribution in [2.45, 2.75) is 158 Å². The van der Waals surface area contributed by atoms with E-state index in [1.807, 2.05) is 259 Å². The number of rotatable bonds is 28. The van der Waals surface area contributed by atoms with Crippen LogP contribution in [0.5, 0.6) is 0 Å². The molecule has 0 radical (unpaired) electrons. The van der Waals surface area contributed by atoms with Crippen LogP contribution in [0, 0.1) is 86.2 Å². The third-order valence-electron chi connectivity index (χ3n) is 23.5. The van der Waals surface area contributed by atoms with Gasteiger partial charge in [0.05, 0.1) is 57.9 Å². The highest BCUT2D eigenvalue weighted by molar-refractivity contribution is 8.33. The molecule has 13 aromatic rings. The zero-order valence-corrected chi connectivity index (χ0v) is 83.8. The third-order valence-corrected chi connectivity index (χ3v) is 23.5. The fourth-order valence-corrected chi connectivity index (χ4v) is 16.7. The number of pyridine rings is 4. The van der Waals surface area contributed by atoms with Crippen molar-refractivity contribution in [1.29, 1.82) is 22.3 Å². The highest BCUT2D eigenvalue weighted by Gasteiger charge is 2.41. The summed E-state index contributed by atoms with van der Waals surface area (Å²) >= 11 is 0. The predicted molar refractivity (Wildman–Crippen MR) is 558 cm³/mol. The molecule has 10 heterocycles. The van der Waals surface area contributed by atoms with Gasteiger partial charge in [-0.25, -0.2) is 9.69 Å². The molecule has 2 aliphatic heterocycles. The number of esters is 4. The van der Waals surface area contributed by atoms with Crippen LogP contribution in [0.4, 0.5) is 0 Å². The first-order valence-corrected chi connectivity index (χ1v) is 49.9. The van der Waals surface area contributed by atoms with Gasteiger partial charge >= 0.3 is 29.8 Å². The monoisotopic (exact) mass is 1920 g/mol. The first-order valence-electron chi connectivity index (χ1n) is 46.2. The van der Waals surface area contributed by atoms with Crippen LogP contribution in [-0.4, -0.2) is 97.8 Å². The Morgan fingerprint density at radius 2 is 0.714 bits per heavy atom. The normalized spacial score (nSPS) is 12.6. The molecule has 0 saturated heterocycles. The van der Waals surface area contributed by atoms with Gasteiger partial charge in [-0.2, -0.15) is 21.0 Å². The number of carbonyl (C=O) groups excluding carboxylic acids is 5. The molecule has 8 aromatic heterocycles. The number of hydrogen-bond donors (Lipinski definition) is 1. The van der Waals surface area contributed by atoms with E-state index in [1.165, 1.54) is 27.8 Å². The van der Waals surface area contributed by atoms with Crippen molar-refractivity contribution in [3.05, 3.63) is 379 Å². The molecule has 23 nitrogen and oxygen atoms in total. The summed E-state index contributed by atoms with van der Waals surface area (Å²) < 4.78 is 46.4. The zero-order chi connectivity index (χ0) is 102. The molecular formula is C114H113N10O13P3. The predicted octanol–water partition coefficient (Wildman–Crippen LogP) is 25.0. The van der Waals surface area contributed by atoms with Crippen molar-refractivity contribution in [2.24, 2.45) is 0 Å². The fourth-order valence-electron chi connectivity index (χ4n) is 16.7. The van der Waals surface area contributed by atoms with E-state index in [0.29, 0.717) is 88.2 Å². The number of nitriles is 4. The molecule has 1 N–H and O–H groups in total. The Kier molecular flexibility index (Phi) is 38.6. The number of carboxylic acid groups (broad SMARTS) is 1. The van der Waals surface area contributed by atoms with Gasteiger partial charge in [-0.15, -0.1) is 17.9 Å². The standard InChI is InChI=1S/C32H28N4O3.C30H24N4O3.C21H21NO3.C20H21NO2.C11H14O2.H5P3/c1-6-38-28(37)17-12-22-10-13-23(14-11-22)29-21(2)26-9-7-8-18-36(26)27(29)16-15-25-30(35-5)31(24(19-33)20-34)39-32(25,3)4;1-19-24-7-5-6-16-34(24)25(27(19)21-11-8-20(9-12-21)10-15-26(35)36)14-13-23-28(33-4)29(22(17-31)18-32)37-30(23,2)3;1-3-25-20(24)12-9-16-7-10-17(11-8-16)21-15(2)18-6-4-5-13-22(18)19(21)14-23;1-3-23-20(22)12-9-16-7-10-17(11-8-16)18-14-21-13-5-4-6-19(21)15(18)2;1-2-13-11(12)9-8-10-6-4-3-5-7-10;1-3-2/h7-11,13-16,18H,6,12,17H2,1-4H3;5-9,11-14,16H,10,15H2,1-3H3,(H,35,36);4-8,10-11,13-14H,3,9,12H2,1-2H3;4-8,10-11,13-14H,3,9,12H2,1-2H3;3-7H,2,8-9H2,1H3;3H,1-2H2/b16-15+;14-13+;;;;/i;;;;;3D. The highest BCUT2D eigenvalue weighted by atomic mass is 32.4. The number of carbonyl (C=O) groups is 6. The summed E-state index contributed by atoms with van der Waals surface area (Å²) in [7, 11) is 4.17. The van der Waals surface area contributed by atoms with Gasteiger partial charge in [0.25, 0.3) is 0 Å². The average molecular weight is 1930 g/mol. The Hall–Kier alpha value is -15.6. The number of aliphatic carboxylic acids is 1. The Balaban J connectivity index is 0.000000186. The Bertz CT molecular complexity index is 7180. The van der Waals surface area contributed by atoms with E-state index in [9.17, 15) is 49.8 Å². The van der Waals surface area contributed by atoms with Gasteiger partial charge in [0.2, 0.25) is 11.4 Å². The molecule has 2 aliphatic rings. The molecular weight excluding hydrogens is 1810 g/mol. The summed E-state index contributed by atoms with van der Waals surface area (Å²) in [5, 5.41) is 46.4. The molecule has 0 bridgehead atoms. The molecule has 0 fully saturated rings. The van der Waals surface area contributed by atoms with Gasteiger partial charge in [0.1, 0.15) is 35.5 Å². The molecule has 0 spiro atoms. The number of hydrogen-bond acceptors (Lipinski definition) is 16. The number of allylic oxidation sites excluding steroid dienone is 2. The van der Waals surface area contributed by atoms with Gasteiger partial charge in [0, 0.05) is 119 Å². The molecule has 140 heavy (non-hydrogen) atoms. The molecule has 2 unspecified atom stereocenters. The minimum atomic E-state index is -0.904. The maximum atomic E-state index is 11.8. The molecule has 26 heteroatoms. The number of carboxylic acids is 1. The topological polar surface area (TPSA) is 300 Å². The maximum absolute atomic E-state index is 11.8. The smallest absolute Gasteiger partial charge is 0.306 e. The number of aldehydes is 1. The number of ether oxygens (including phenoxy) is 6. The molecule has 15 rings (SSSR count). The average Bonchev–Trinajstić information content (AvgIpc) is 1.61. The van der Waals surface area contributed by atoms with E-state index in [1.54, 1.807) is 20.8 Å². The lowest BCUT2D eigenvalue weighted by Gasteiger charge is -2.21. The first-order chi connectivity index (χ1) is 67.9. The van der Waals surface area contributed by atoms with E-state index in [-0.39, 0.29) is 64.4 Å². The molecule has 0 saturated carbocycles. The van der Waals surface area contributed by atoms with Crippen LogP contribution in [0.3, 0.4) is 0 Å².